The first-order chi connectivity index (χ1) is 16.9. The van der Waals surface area contributed by atoms with Gasteiger partial charge < -0.3 is 19.7 Å². The van der Waals surface area contributed by atoms with Crippen LogP contribution in [0.3, 0.4) is 0 Å². The van der Waals surface area contributed by atoms with Gasteiger partial charge in [-0.15, -0.1) is 0 Å². The number of carboxylic acid groups (broad SMARTS) is 1. The largest absolute Gasteiger partial charge is 0.496 e. The maximum atomic E-state index is 11.9. The number of rotatable bonds is 10. The molecule has 186 valence electrons. The number of nitrogens with one attached hydrogen (secondary N) is 1. The molecule has 7 nitrogen and oxygen atoms in total. The predicted molar refractivity (Wildman–Crippen MR) is 136 cm³/mol. The zero-order valence-corrected chi connectivity index (χ0v) is 20.8. The number of ether oxygens (including phenoxy) is 1. The fraction of sp³-hybridized carbons (Fsp3) is 0.464. The molecule has 4 rings (SSSR count). The lowest BCUT2D eigenvalue weighted by molar-refractivity contribution is -0.148. The number of aromatic nitrogens is 2. The van der Waals surface area contributed by atoms with Crippen molar-refractivity contribution in [2.24, 2.45) is 11.3 Å². The Kier molecular flexibility index (Phi) is 7.43. The number of nitrogens with zero attached hydrogens (tertiary/aromatic N) is 2. The van der Waals surface area contributed by atoms with Crippen molar-refractivity contribution in [1.29, 1.82) is 0 Å². The molecule has 2 N–H and O–H groups in total. The fourth-order valence-corrected chi connectivity index (χ4v) is 5.70. The van der Waals surface area contributed by atoms with Crippen LogP contribution in [-0.2, 0) is 22.4 Å². The molecule has 1 aliphatic rings. The molecule has 2 atom stereocenters. The summed E-state index contributed by atoms with van der Waals surface area (Å²) in [5, 5.41) is 12.5. The Morgan fingerprint density at radius 2 is 2.00 bits per heavy atom. The van der Waals surface area contributed by atoms with E-state index in [1.807, 2.05) is 24.3 Å². The molecule has 0 saturated heterocycles. The number of benzene rings is 2. The molecular formula is C28H35N3O4. The van der Waals surface area contributed by atoms with Crippen molar-refractivity contribution in [2.75, 3.05) is 13.7 Å². The molecule has 35 heavy (non-hydrogen) atoms. The van der Waals surface area contributed by atoms with Crippen LogP contribution < -0.4 is 10.1 Å². The summed E-state index contributed by atoms with van der Waals surface area (Å²) in [5.74, 6) is 0.743. The summed E-state index contributed by atoms with van der Waals surface area (Å²) in [4.78, 5) is 27.7. The minimum Gasteiger partial charge on any atom is -0.496 e. The van der Waals surface area contributed by atoms with Crippen LogP contribution in [0, 0.1) is 11.3 Å². The van der Waals surface area contributed by atoms with Crippen LogP contribution in [0.2, 0.25) is 0 Å². The predicted octanol–water partition coefficient (Wildman–Crippen LogP) is 4.77. The van der Waals surface area contributed by atoms with Crippen molar-refractivity contribution in [3.05, 3.63) is 59.4 Å². The highest BCUT2D eigenvalue weighted by Crippen LogP contribution is 2.47. The number of fused-ring (bicyclic) bond motifs is 1. The minimum absolute atomic E-state index is 0.169. The first-order valence-corrected chi connectivity index (χ1v) is 12.4. The third-order valence-corrected chi connectivity index (χ3v) is 7.41. The molecule has 1 saturated carbocycles. The number of methoxy groups -OCH3 is 1. The van der Waals surface area contributed by atoms with E-state index in [-0.39, 0.29) is 17.4 Å². The topological polar surface area (TPSA) is 93.5 Å². The number of hydrogen-bond acceptors (Lipinski definition) is 4. The molecular weight excluding hydrogens is 442 g/mol. The molecule has 1 aromatic heterocycles. The standard InChI is InChI=1S/C28H35N3O4/c1-28(2)17-20(11-12-22(28)27(33)34)31-23-13-14-24(35-3)21(10-7-15-29-18-32)26(23)30-25(31)16-19-8-5-4-6-9-19/h4-6,8-9,13-14,18,20,22H,7,10-12,15-17H2,1-3H3,(H,29,32)(H,33,34). The SMILES string of the molecule is COc1ccc2c(nc(Cc3ccccc3)n2C2CCC(C(=O)O)C(C)(C)C2)c1CCCNC=O. The number of amides is 1. The molecule has 3 aromatic rings. The summed E-state index contributed by atoms with van der Waals surface area (Å²) in [5.41, 5.74) is 3.91. The number of carboxylic acids is 1. The van der Waals surface area contributed by atoms with Gasteiger partial charge in [0.1, 0.15) is 11.6 Å². The van der Waals surface area contributed by atoms with E-state index >= 15 is 0 Å². The number of aryl methyl sites for hydroxylation is 1. The Morgan fingerprint density at radius 3 is 2.66 bits per heavy atom. The Bertz CT molecular complexity index is 1190. The summed E-state index contributed by atoms with van der Waals surface area (Å²) < 4.78 is 8.05. The average molecular weight is 478 g/mol. The van der Waals surface area contributed by atoms with Gasteiger partial charge in [0.15, 0.2) is 0 Å². The van der Waals surface area contributed by atoms with Gasteiger partial charge in [0.2, 0.25) is 6.41 Å². The van der Waals surface area contributed by atoms with Crippen LogP contribution in [0.1, 0.15) is 62.5 Å². The lowest BCUT2D eigenvalue weighted by atomic mass is 9.67. The van der Waals surface area contributed by atoms with E-state index in [0.717, 1.165) is 60.3 Å². The molecule has 1 amide bonds. The first-order valence-electron chi connectivity index (χ1n) is 12.4. The van der Waals surface area contributed by atoms with Crippen LogP contribution in [0.5, 0.6) is 5.75 Å². The monoisotopic (exact) mass is 477 g/mol. The number of carbonyl (C=O) groups excluding carboxylic acids is 1. The summed E-state index contributed by atoms with van der Waals surface area (Å²) in [6.45, 7) is 4.73. The molecule has 2 aromatic carbocycles. The van der Waals surface area contributed by atoms with Crippen LogP contribution in [0.15, 0.2) is 42.5 Å². The Hall–Kier alpha value is -3.35. The fourth-order valence-electron chi connectivity index (χ4n) is 5.70. The molecule has 7 heteroatoms. The molecule has 0 bridgehead atoms. The lowest BCUT2D eigenvalue weighted by Gasteiger charge is -2.41. The molecule has 2 unspecified atom stereocenters. The van der Waals surface area contributed by atoms with Crippen molar-refractivity contribution in [1.82, 2.24) is 14.9 Å². The van der Waals surface area contributed by atoms with Gasteiger partial charge in [0, 0.05) is 24.6 Å². The van der Waals surface area contributed by atoms with Crippen molar-refractivity contribution < 1.29 is 19.4 Å². The summed E-state index contributed by atoms with van der Waals surface area (Å²) in [6, 6.07) is 14.6. The van der Waals surface area contributed by atoms with Gasteiger partial charge in [-0.2, -0.15) is 0 Å². The lowest BCUT2D eigenvalue weighted by Crippen LogP contribution is -2.38. The van der Waals surface area contributed by atoms with Crippen molar-refractivity contribution in [2.45, 2.75) is 58.4 Å². The van der Waals surface area contributed by atoms with Gasteiger partial charge in [-0.05, 0) is 55.2 Å². The average Bonchev–Trinajstić information content (AvgIpc) is 3.19. The molecule has 1 fully saturated rings. The van der Waals surface area contributed by atoms with Gasteiger partial charge in [-0.25, -0.2) is 4.98 Å². The van der Waals surface area contributed by atoms with Crippen molar-refractivity contribution in [3.63, 3.8) is 0 Å². The second-order valence-electron chi connectivity index (χ2n) is 10.2. The van der Waals surface area contributed by atoms with Crippen LogP contribution >= 0.6 is 0 Å². The zero-order chi connectivity index (χ0) is 25.0. The van der Waals surface area contributed by atoms with Gasteiger partial charge >= 0.3 is 5.97 Å². The van der Waals surface area contributed by atoms with E-state index in [4.69, 9.17) is 9.72 Å². The van der Waals surface area contributed by atoms with Gasteiger partial charge in [0.05, 0.1) is 24.1 Å². The number of aliphatic carboxylic acids is 1. The van der Waals surface area contributed by atoms with E-state index in [1.165, 1.54) is 5.56 Å². The van der Waals surface area contributed by atoms with Crippen molar-refractivity contribution in [3.8, 4) is 5.75 Å². The zero-order valence-electron chi connectivity index (χ0n) is 20.8. The van der Waals surface area contributed by atoms with E-state index in [1.54, 1.807) is 7.11 Å². The van der Waals surface area contributed by atoms with E-state index in [0.29, 0.717) is 19.4 Å². The first kappa shape index (κ1) is 24.8. The summed E-state index contributed by atoms with van der Waals surface area (Å²) in [6.07, 6.45) is 5.17. The van der Waals surface area contributed by atoms with E-state index in [9.17, 15) is 14.7 Å². The molecule has 0 aliphatic heterocycles. The van der Waals surface area contributed by atoms with Gasteiger partial charge in [0.25, 0.3) is 0 Å². The molecule has 0 radical (unpaired) electrons. The second kappa shape index (κ2) is 10.5. The van der Waals surface area contributed by atoms with Crippen LogP contribution in [-0.4, -0.2) is 40.7 Å². The Labute approximate surface area is 206 Å². The third-order valence-electron chi connectivity index (χ3n) is 7.41. The van der Waals surface area contributed by atoms with E-state index in [2.05, 4.69) is 41.9 Å². The number of carbonyl (C=O) groups is 2. The van der Waals surface area contributed by atoms with Crippen LogP contribution in [0.25, 0.3) is 11.0 Å². The van der Waals surface area contributed by atoms with Crippen LogP contribution in [0.4, 0.5) is 0 Å². The Morgan fingerprint density at radius 1 is 1.23 bits per heavy atom. The Balaban J connectivity index is 1.80. The third kappa shape index (κ3) is 5.19. The number of imidazole rings is 1. The molecule has 1 heterocycles. The number of hydrogen-bond donors (Lipinski definition) is 2. The van der Waals surface area contributed by atoms with Crippen molar-refractivity contribution >= 4 is 23.4 Å². The highest BCUT2D eigenvalue weighted by atomic mass is 16.5. The highest BCUT2D eigenvalue weighted by molar-refractivity contribution is 5.83. The maximum absolute atomic E-state index is 11.9. The van der Waals surface area contributed by atoms with Gasteiger partial charge in [-0.3, -0.25) is 9.59 Å². The summed E-state index contributed by atoms with van der Waals surface area (Å²) >= 11 is 0. The summed E-state index contributed by atoms with van der Waals surface area (Å²) in [7, 11) is 1.67. The molecule has 0 spiro atoms. The van der Waals surface area contributed by atoms with Gasteiger partial charge in [-0.1, -0.05) is 44.2 Å². The normalized spacial score (nSPS) is 19.4. The quantitative estimate of drug-likeness (QED) is 0.324. The highest BCUT2D eigenvalue weighted by Gasteiger charge is 2.42. The second-order valence-corrected chi connectivity index (χ2v) is 10.2. The minimum atomic E-state index is -0.704. The molecule has 1 aliphatic carbocycles. The maximum Gasteiger partial charge on any atom is 0.307 e. The van der Waals surface area contributed by atoms with E-state index < -0.39 is 5.97 Å². The smallest absolute Gasteiger partial charge is 0.307 e.